The molecule has 2 atom stereocenters. The van der Waals surface area contributed by atoms with E-state index in [0.29, 0.717) is 0 Å². The van der Waals surface area contributed by atoms with E-state index < -0.39 is 91.8 Å². The first-order valence-corrected chi connectivity index (χ1v) is 7.78. The van der Waals surface area contributed by atoms with Crippen LogP contribution in [0.5, 0.6) is 0 Å². The highest BCUT2D eigenvalue weighted by Gasteiger charge is 2.66. The lowest BCUT2D eigenvalue weighted by atomic mass is 9.89. The summed E-state index contributed by atoms with van der Waals surface area (Å²) in [6, 6.07) is -4.49. The van der Waals surface area contributed by atoms with Crippen LogP contribution in [0.4, 0.5) is 0 Å². The molecule has 0 fully saturated rings. The minimum absolute atomic E-state index is 1.27. The predicted molar refractivity (Wildman–Crippen MR) is 87.6 cm³/mol. The van der Waals surface area contributed by atoms with Crippen LogP contribution < -0.4 is 0 Å². The third-order valence-electron chi connectivity index (χ3n) is 4.43. The van der Waals surface area contributed by atoms with Crippen molar-refractivity contribution in [2.45, 2.75) is 49.1 Å². The summed E-state index contributed by atoms with van der Waals surface area (Å²) in [5.74, 6) is 0. The van der Waals surface area contributed by atoms with Crippen LogP contribution in [0, 0.1) is 60.7 Å². The molecule has 0 radical (unpaired) electrons. The molecule has 0 saturated heterocycles. The molecule has 0 spiro atoms. The standard InChI is InChI=1S/C10H16N6O14/c17-5-7(11(19)20)3-9(13(23)24,14(25)26)1-2-10(15(27)28,16(29)30)4-8(6-18)12(21)22/h7-8,17-18H,1-6H2/t7-,8-/m0/s1. The monoisotopic (exact) mass is 444 g/mol. The smallest absolute Gasteiger partial charge is 0.389 e. The third-order valence-corrected chi connectivity index (χ3v) is 4.43. The van der Waals surface area contributed by atoms with Gasteiger partial charge in [0.2, 0.25) is 12.1 Å². The van der Waals surface area contributed by atoms with Gasteiger partial charge >= 0.3 is 11.3 Å². The van der Waals surface area contributed by atoms with Crippen molar-refractivity contribution in [1.29, 1.82) is 0 Å². The molecule has 170 valence electrons. The molecule has 0 aromatic rings. The van der Waals surface area contributed by atoms with E-state index in [-0.39, 0.29) is 0 Å². The van der Waals surface area contributed by atoms with Gasteiger partial charge in [0.05, 0.1) is 19.7 Å². The average molecular weight is 444 g/mol. The molecule has 0 bridgehead atoms. The highest BCUT2D eigenvalue weighted by molar-refractivity contribution is 4.80. The van der Waals surface area contributed by atoms with Crippen molar-refractivity contribution >= 4 is 0 Å². The highest BCUT2D eigenvalue weighted by atomic mass is 16.7. The fourth-order valence-electron chi connectivity index (χ4n) is 2.57. The zero-order valence-corrected chi connectivity index (χ0v) is 14.9. The summed E-state index contributed by atoms with van der Waals surface area (Å²) in [6.45, 7) is -2.75. The summed E-state index contributed by atoms with van der Waals surface area (Å²) < 4.78 is 0. The molecule has 0 saturated carbocycles. The molecule has 0 unspecified atom stereocenters. The van der Waals surface area contributed by atoms with Gasteiger partial charge in [-0.15, -0.1) is 0 Å². The number of nitrogens with zero attached hydrogens (tertiary/aromatic N) is 6. The second-order valence-corrected chi connectivity index (χ2v) is 6.15. The second-order valence-electron chi connectivity index (χ2n) is 6.15. The SMILES string of the molecule is O=[N+]([O-])[C@H](CO)CC(CCC(C[C@@H](CO)[N+](=O)[O-])([N+](=O)[O-])[N+](=O)[O-])([N+](=O)[O-])[N+](=O)[O-]. The van der Waals surface area contributed by atoms with E-state index in [0.717, 1.165) is 0 Å². The maximum absolute atomic E-state index is 11.4. The predicted octanol–water partition coefficient (Wildman–Crippen LogP) is -1.68. The van der Waals surface area contributed by atoms with Crippen molar-refractivity contribution in [1.82, 2.24) is 0 Å². The Labute approximate surface area is 164 Å². The molecule has 0 heterocycles. The number of aliphatic hydroxyl groups is 2. The molecule has 0 aliphatic heterocycles. The van der Waals surface area contributed by atoms with Crippen molar-refractivity contribution in [3.8, 4) is 0 Å². The van der Waals surface area contributed by atoms with E-state index in [2.05, 4.69) is 0 Å². The molecule has 0 amide bonds. The van der Waals surface area contributed by atoms with Gasteiger partial charge < -0.3 is 10.2 Å². The first kappa shape index (κ1) is 26.3. The van der Waals surface area contributed by atoms with Crippen molar-refractivity contribution in [3.05, 3.63) is 60.7 Å². The van der Waals surface area contributed by atoms with Crippen LogP contribution in [-0.2, 0) is 0 Å². The molecule has 0 aromatic carbocycles. The Morgan fingerprint density at radius 3 is 0.933 bits per heavy atom. The van der Waals surface area contributed by atoms with E-state index in [4.69, 9.17) is 10.2 Å². The van der Waals surface area contributed by atoms with Gasteiger partial charge in [-0.2, -0.15) is 0 Å². The molecule has 0 rings (SSSR count). The van der Waals surface area contributed by atoms with Gasteiger partial charge in [-0.1, -0.05) is 0 Å². The Balaban J connectivity index is 6.28. The van der Waals surface area contributed by atoms with Crippen LogP contribution in [0.2, 0.25) is 0 Å². The van der Waals surface area contributed by atoms with E-state index >= 15 is 0 Å². The van der Waals surface area contributed by atoms with Crippen LogP contribution in [0.1, 0.15) is 25.7 Å². The van der Waals surface area contributed by atoms with E-state index in [1.54, 1.807) is 0 Å². The van der Waals surface area contributed by atoms with Gasteiger partial charge in [0.15, 0.2) is 12.8 Å². The summed E-state index contributed by atoms with van der Waals surface area (Å²) in [7, 11) is 0. The van der Waals surface area contributed by atoms with Crippen LogP contribution >= 0.6 is 0 Å². The zero-order chi connectivity index (χ0) is 23.9. The lowest BCUT2D eigenvalue weighted by molar-refractivity contribution is -0.821. The molecule has 20 nitrogen and oxygen atoms in total. The molecular weight excluding hydrogens is 428 g/mol. The Morgan fingerprint density at radius 1 is 0.567 bits per heavy atom. The third kappa shape index (κ3) is 5.44. The molecule has 20 heteroatoms. The first-order chi connectivity index (χ1) is 13.7. The van der Waals surface area contributed by atoms with Gasteiger partial charge in [-0.3, -0.25) is 60.7 Å². The number of nitro groups is 6. The summed E-state index contributed by atoms with van der Waals surface area (Å²) in [5, 5.41) is 84.9. The quantitative estimate of drug-likeness (QED) is 0.162. The summed E-state index contributed by atoms with van der Waals surface area (Å²) in [4.78, 5) is 57.9. The lowest BCUT2D eigenvalue weighted by Crippen LogP contribution is -2.55. The molecule has 0 aliphatic rings. The Hall–Kier alpha value is -3.68. The fourth-order valence-corrected chi connectivity index (χ4v) is 2.57. The van der Waals surface area contributed by atoms with E-state index in [9.17, 15) is 60.7 Å². The van der Waals surface area contributed by atoms with Crippen molar-refractivity contribution in [2.24, 2.45) is 0 Å². The molecule has 0 aliphatic carbocycles. The van der Waals surface area contributed by atoms with Crippen molar-refractivity contribution in [2.75, 3.05) is 13.2 Å². The maximum atomic E-state index is 11.4. The normalized spacial score (nSPS) is 13.8. The van der Waals surface area contributed by atoms with Gasteiger partial charge in [0.25, 0.3) is 0 Å². The van der Waals surface area contributed by atoms with Gasteiger partial charge in [0.1, 0.15) is 26.1 Å². The minimum atomic E-state index is -3.54. The molecule has 0 aromatic heterocycles. The number of hydrogen-bond acceptors (Lipinski definition) is 14. The number of aliphatic hydroxyl groups excluding tert-OH is 2. The number of rotatable bonds is 15. The summed E-state index contributed by atoms with van der Waals surface area (Å²) in [5.41, 5.74) is -7.08. The molecule has 30 heavy (non-hydrogen) atoms. The minimum Gasteiger partial charge on any atom is -0.389 e. The molecule has 2 N–H and O–H groups in total. The van der Waals surface area contributed by atoms with Crippen molar-refractivity contribution < 1.29 is 39.8 Å². The van der Waals surface area contributed by atoms with Gasteiger partial charge in [0, 0.05) is 9.85 Å². The summed E-state index contributed by atoms with van der Waals surface area (Å²) in [6.07, 6.45) is -6.34. The Kier molecular flexibility index (Phi) is 8.95. The fraction of sp³-hybridized carbons (Fsp3) is 1.00. The van der Waals surface area contributed by atoms with Crippen LogP contribution in [0.15, 0.2) is 0 Å². The Bertz CT molecular complexity index is 638. The van der Waals surface area contributed by atoms with Gasteiger partial charge in [-0.25, -0.2) is 0 Å². The lowest BCUT2D eigenvalue weighted by Gasteiger charge is -2.22. The second kappa shape index (κ2) is 10.2. The van der Waals surface area contributed by atoms with Crippen molar-refractivity contribution in [3.63, 3.8) is 0 Å². The van der Waals surface area contributed by atoms with Crippen LogP contribution in [0.25, 0.3) is 0 Å². The number of hydrogen-bond donors (Lipinski definition) is 2. The largest absolute Gasteiger partial charge is 0.465 e. The van der Waals surface area contributed by atoms with E-state index in [1.807, 2.05) is 0 Å². The maximum Gasteiger partial charge on any atom is 0.465 e. The van der Waals surface area contributed by atoms with Gasteiger partial charge in [-0.05, 0) is 0 Å². The first-order valence-electron chi connectivity index (χ1n) is 7.78. The van der Waals surface area contributed by atoms with Crippen LogP contribution in [0.3, 0.4) is 0 Å². The van der Waals surface area contributed by atoms with Crippen LogP contribution in [-0.4, -0.2) is 76.4 Å². The Morgan fingerprint density at radius 2 is 0.800 bits per heavy atom. The highest BCUT2D eigenvalue weighted by Crippen LogP contribution is 2.33. The topological polar surface area (TPSA) is 299 Å². The van der Waals surface area contributed by atoms with E-state index in [1.165, 1.54) is 0 Å². The summed E-state index contributed by atoms with van der Waals surface area (Å²) >= 11 is 0. The molecular formula is C10H16N6O14. The zero-order valence-electron chi connectivity index (χ0n) is 14.9. The average Bonchev–Trinajstić information content (AvgIpc) is 2.62.